The largest absolute Gasteiger partial charge is 0.494 e. The van der Waals surface area contributed by atoms with Gasteiger partial charge in [-0.15, -0.1) is 0 Å². The molecule has 0 aliphatic carbocycles. The minimum atomic E-state index is -0.290. The van der Waals surface area contributed by atoms with Crippen LogP contribution in [0.25, 0.3) is 0 Å². The zero-order valence-electron chi connectivity index (χ0n) is 12.1. The highest BCUT2D eigenvalue weighted by molar-refractivity contribution is 6.33. The maximum Gasteiger partial charge on any atom is 0.271 e. The Morgan fingerprint density at radius 3 is 3.18 bits per heavy atom. The number of nitrogens with zero attached hydrogens (tertiary/aromatic N) is 1. The molecule has 0 fully saturated rings. The van der Waals surface area contributed by atoms with Gasteiger partial charge >= 0.3 is 0 Å². The molecular weight excluding hydrogens is 306 g/mol. The number of amides is 1. The number of aromatic amines is 1. The van der Waals surface area contributed by atoms with E-state index in [4.69, 9.17) is 21.1 Å². The molecule has 7 heteroatoms. The summed E-state index contributed by atoms with van der Waals surface area (Å²) < 4.78 is 11.1. The number of hydrogen-bond acceptors (Lipinski definition) is 4. The molecule has 0 radical (unpaired) electrons. The van der Waals surface area contributed by atoms with Gasteiger partial charge in [-0.1, -0.05) is 11.6 Å². The summed E-state index contributed by atoms with van der Waals surface area (Å²) in [4.78, 5) is 12.3. The van der Waals surface area contributed by atoms with E-state index in [1.54, 1.807) is 0 Å². The average Bonchev–Trinajstić information content (AvgIpc) is 2.94. The van der Waals surface area contributed by atoms with Crippen molar-refractivity contribution < 1.29 is 14.3 Å². The van der Waals surface area contributed by atoms with Crippen LogP contribution in [0.15, 0.2) is 24.4 Å². The van der Waals surface area contributed by atoms with Gasteiger partial charge in [0.1, 0.15) is 17.2 Å². The number of fused-ring (bicyclic) bond motifs is 1. The fraction of sp³-hybridized carbons (Fsp3) is 0.333. The molecule has 2 N–H and O–H groups in total. The molecule has 1 aliphatic rings. The summed E-state index contributed by atoms with van der Waals surface area (Å²) in [6, 6.07) is 5.47. The topological polar surface area (TPSA) is 76.2 Å². The molecule has 6 nitrogen and oxygen atoms in total. The van der Waals surface area contributed by atoms with Crippen molar-refractivity contribution in [2.75, 3.05) is 13.2 Å². The van der Waals surface area contributed by atoms with E-state index < -0.39 is 0 Å². The Labute approximate surface area is 132 Å². The van der Waals surface area contributed by atoms with Crippen molar-refractivity contribution in [3.05, 3.63) is 40.7 Å². The zero-order chi connectivity index (χ0) is 15.5. The van der Waals surface area contributed by atoms with E-state index in [0.717, 1.165) is 17.1 Å². The molecule has 2 heterocycles. The van der Waals surface area contributed by atoms with Crippen LogP contribution < -0.4 is 14.8 Å². The monoisotopic (exact) mass is 321 g/mol. The highest BCUT2D eigenvalue weighted by Gasteiger charge is 2.25. The summed E-state index contributed by atoms with van der Waals surface area (Å²) in [5.74, 6) is 1.23. The van der Waals surface area contributed by atoms with Crippen LogP contribution in [-0.2, 0) is 0 Å². The van der Waals surface area contributed by atoms with Gasteiger partial charge in [-0.2, -0.15) is 5.10 Å². The molecule has 1 amide bonds. The number of aromatic nitrogens is 2. The number of hydrogen-bond donors (Lipinski definition) is 2. The molecule has 2 aromatic rings. The van der Waals surface area contributed by atoms with Crippen LogP contribution in [0.1, 0.15) is 35.4 Å². The van der Waals surface area contributed by atoms with Gasteiger partial charge in [0, 0.05) is 12.0 Å². The SMILES string of the molecule is CCOc1ccc2c(c1)C(NC(=O)c1[nH]ncc1Cl)CCO2. The number of nitrogens with one attached hydrogen (secondary N) is 2. The molecule has 0 bridgehead atoms. The van der Waals surface area contributed by atoms with Crippen LogP contribution in [0.5, 0.6) is 11.5 Å². The van der Waals surface area contributed by atoms with Gasteiger partial charge in [0.25, 0.3) is 5.91 Å². The van der Waals surface area contributed by atoms with Gasteiger partial charge in [0.05, 0.1) is 30.5 Å². The molecule has 0 spiro atoms. The summed E-state index contributed by atoms with van der Waals surface area (Å²) in [7, 11) is 0. The Bertz CT molecular complexity index is 686. The van der Waals surface area contributed by atoms with E-state index in [2.05, 4.69) is 15.5 Å². The van der Waals surface area contributed by atoms with Crippen molar-refractivity contribution in [3.63, 3.8) is 0 Å². The highest BCUT2D eigenvalue weighted by Crippen LogP contribution is 2.35. The molecule has 1 aliphatic heterocycles. The third-order valence-electron chi connectivity index (χ3n) is 3.46. The van der Waals surface area contributed by atoms with Crippen molar-refractivity contribution >= 4 is 17.5 Å². The van der Waals surface area contributed by atoms with Crippen molar-refractivity contribution in [1.29, 1.82) is 0 Å². The van der Waals surface area contributed by atoms with Crippen LogP contribution in [0.4, 0.5) is 0 Å². The van der Waals surface area contributed by atoms with Gasteiger partial charge in [0.2, 0.25) is 0 Å². The van der Waals surface area contributed by atoms with E-state index in [1.807, 2.05) is 25.1 Å². The molecule has 1 aromatic heterocycles. The van der Waals surface area contributed by atoms with Crippen LogP contribution in [0.2, 0.25) is 5.02 Å². The number of H-pyrrole nitrogens is 1. The number of halogens is 1. The van der Waals surface area contributed by atoms with E-state index >= 15 is 0 Å². The second-order valence-corrected chi connectivity index (χ2v) is 5.30. The fourth-order valence-electron chi connectivity index (χ4n) is 2.44. The van der Waals surface area contributed by atoms with Gasteiger partial charge in [-0.3, -0.25) is 9.89 Å². The lowest BCUT2D eigenvalue weighted by molar-refractivity contribution is 0.0919. The van der Waals surface area contributed by atoms with Gasteiger partial charge in [-0.25, -0.2) is 0 Å². The van der Waals surface area contributed by atoms with Crippen molar-refractivity contribution in [1.82, 2.24) is 15.5 Å². The first-order valence-electron chi connectivity index (χ1n) is 7.08. The lowest BCUT2D eigenvalue weighted by Crippen LogP contribution is -2.32. The molecule has 1 atom stereocenters. The van der Waals surface area contributed by atoms with Crippen molar-refractivity contribution in [2.24, 2.45) is 0 Å². The van der Waals surface area contributed by atoms with Gasteiger partial charge in [-0.05, 0) is 25.1 Å². The quantitative estimate of drug-likeness (QED) is 0.907. The molecule has 1 aromatic carbocycles. The normalized spacial score (nSPS) is 16.5. The summed E-state index contributed by atoms with van der Waals surface area (Å²) >= 11 is 5.92. The molecule has 0 saturated carbocycles. The van der Waals surface area contributed by atoms with Gasteiger partial charge in [0.15, 0.2) is 0 Å². The lowest BCUT2D eigenvalue weighted by atomic mass is 10.00. The highest BCUT2D eigenvalue weighted by atomic mass is 35.5. The Balaban J connectivity index is 1.83. The molecule has 0 saturated heterocycles. The first kappa shape index (κ1) is 14.7. The summed E-state index contributed by atoms with van der Waals surface area (Å²) in [5.41, 5.74) is 1.16. The maximum absolute atomic E-state index is 12.3. The van der Waals surface area contributed by atoms with Crippen LogP contribution >= 0.6 is 11.6 Å². The predicted octanol–water partition coefficient (Wildman–Crippen LogP) is 2.72. The van der Waals surface area contributed by atoms with Gasteiger partial charge < -0.3 is 14.8 Å². The Morgan fingerprint density at radius 1 is 1.59 bits per heavy atom. The van der Waals surface area contributed by atoms with E-state index in [1.165, 1.54) is 6.20 Å². The Morgan fingerprint density at radius 2 is 2.45 bits per heavy atom. The minimum Gasteiger partial charge on any atom is -0.494 e. The molecule has 22 heavy (non-hydrogen) atoms. The Kier molecular flexibility index (Phi) is 4.20. The molecule has 1 unspecified atom stereocenters. The number of carbonyl (C=O) groups is 1. The molecular formula is C15H16ClN3O3. The smallest absolute Gasteiger partial charge is 0.271 e. The van der Waals surface area contributed by atoms with Crippen LogP contribution in [0, 0.1) is 0 Å². The number of carbonyl (C=O) groups excluding carboxylic acids is 1. The van der Waals surface area contributed by atoms with Crippen LogP contribution in [0.3, 0.4) is 0 Å². The van der Waals surface area contributed by atoms with E-state index in [9.17, 15) is 4.79 Å². The maximum atomic E-state index is 12.3. The first-order chi connectivity index (χ1) is 10.7. The molecule has 3 rings (SSSR count). The number of ether oxygens (including phenoxy) is 2. The van der Waals surface area contributed by atoms with E-state index in [-0.39, 0.29) is 17.6 Å². The third-order valence-corrected chi connectivity index (χ3v) is 3.74. The number of benzene rings is 1. The van der Waals surface area contributed by atoms with Crippen molar-refractivity contribution in [2.45, 2.75) is 19.4 Å². The summed E-state index contributed by atoms with van der Waals surface area (Å²) in [5, 5.41) is 9.61. The molecule has 116 valence electrons. The summed E-state index contributed by atoms with van der Waals surface area (Å²) in [6.45, 7) is 3.05. The second-order valence-electron chi connectivity index (χ2n) is 4.89. The predicted molar refractivity (Wildman–Crippen MR) is 81.5 cm³/mol. The fourth-order valence-corrected chi connectivity index (χ4v) is 2.62. The first-order valence-corrected chi connectivity index (χ1v) is 7.46. The standard InChI is InChI=1S/C15H16ClN3O3/c1-2-21-9-3-4-13-10(7-9)12(5-6-22-13)18-15(20)14-11(16)8-17-19-14/h3-4,7-8,12H,2,5-6H2,1H3,(H,17,19)(H,18,20). The van der Waals surface area contributed by atoms with Crippen molar-refractivity contribution in [3.8, 4) is 11.5 Å². The summed E-state index contributed by atoms with van der Waals surface area (Å²) in [6.07, 6.45) is 2.08. The van der Waals surface area contributed by atoms with E-state index in [0.29, 0.717) is 24.7 Å². The number of rotatable bonds is 4. The average molecular weight is 322 g/mol. The minimum absolute atomic E-state index is 0.156. The second kappa shape index (κ2) is 6.27. The van der Waals surface area contributed by atoms with Crippen LogP contribution in [-0.4, -0.2) is 29.3 Å². The third kappa shape index (κ3) is 2.87. The zero-order valence-corrected chi connectivity index (χ0v) is 12.8. The Hall–Kier alpha value is -2.21. The lowest BCUT2D eigenvalue weighted by Gasteiger charge is -2.27.